The molecule has 0 fully saturated rings. The van der Waals surface area contributed by atoms with Crippen molar-refractivity contribution >= 4 is 51.0 Å². The molecule has 0 aliphatic heterocycles. The Morgan fingerprint density at radius 2 is 2.20 bits per heavy atom. The zero-order chi connectivity index (χ0) is 17.6. The van der Waals surface area contributed by atoms with Crippen LogP contribution in [0.25, 0.3) is 10.4 Å². The molecule has 0 bridgehead atoms. The number of carbonyl (C=O) groups excluding carboxylic acids is 1. The van der Waals surface area contributed by atoms with Gasteiger partial charge in [0.05, 0.1) is 19.4 Å². The summed E-state index contributed by atoms with van der Waals surface area (Å²) in [4.78, 5) is 13.5. The Morgan fingerprint density at radius 1 is 1.32 bits per heavy atom. The minimum Gasteiger partial charge on any atom is -0.467 e. The highest BCUT2D eigenvalue weighted by atomic mass is 32.1. The molecule has 0 atom stereocenters. The third kappa shape index (κ3) is 4.28. The van der Waals surface area contributed by atoms with Crippen LogP contribution in [0.5, 0.6) is 0 Å². The molecule has 0 radical (unpaired) electrons. The first-order valence-corrected chi connectivity index (χ1v) is 9.75. The Morgan fingerprint density at radius 3 is 2.88 bits per heavy atom. The van der Waals surface area contributed by atoms with Gasteiger partial charge in [0, 0.05) is 15.8 Å². The minimum absolute atomic E-state index is 0.319. The third-order valence-electron chi connectivity index (χ3n) is 3.29. The monoisotopic (exact) mass is 392 g/mol. The largest absolute Gasteiger partial charge is 0.467 e. The minimum atomic E-state index is -0.358. The van der Waals surface area contributed by atoms with E-state index in [2.05, 4.69) is 10.6 Å². The molecule has 0 unspecified atom stereocenters. The van der Waals surface area contributed by atoms with E-state index in [0.717, 1.165) is 16.2 Å². The summed E-state index contributed by atoms with van der Waals surface area (Å²) in [7, 11) is 0. The lowest BCUT2D eigenvalue weighted by Crippen LogP contribution is -2.28. The molecule has 25 heavy (non-hydrogen) atoms. The Balaban J connectivity index is 1.78. The fraction of sp³-hybridized carbons (Fsp3) is 0.176. The van der Waals surface area contributed by atoms with Crippen molar-refractivity contribution in [1.82, 2.24) is 5.32 Å². The van der Waals surface area contributed by atoms with Crippen molar-refractivity contribution in [3.63, 3.8) is 0 Å². The summed E-state index contributed by atoms with van der Waals surface area (Å²) in [5, 5.41) is 11.2. The van der Waals surface area contributed by atoms with Gasteiger partial charge in [-0.3, -0.25) is 0 Å². The standard InChI is InChI=1S/C17H16N2O3S3/c1-2-21-16(20)14-12(13-6-4-8-24-13)10-25-15(14)19-17(23)18-9-11-5-3-7-22-11/h3-8,10H,2,9H2,1H3,(H2,18,19,23). The molecule has 3 aromatic heterocycles. The predicted octanol–water partition coefficient (Wildman–Crippen LogP) is 4.73. The molecule has 0 saturated heterocycles. The SMILES string of the molecule is CCOC(=O)c1c(-c2cccs2)csc1NC(=S)NCc1ccco1. The molecule has 0 aliphatic carbocycles. The van der Waals surface area contributed by atoms with E-state index in [1.165, 1.54) is 11.3 Å². The van der Waals surface area contributed by atoms with Gasteiger partial charge in [-0.2, -0.15) is 0 Å². The Hall–Kier alpha value is -2.16. The average molecular weight is 393 g/mol. The first kappa shape index (κ1) is 17.7. The van der Waals surface area contributed by atoms with E-state index in [-0.39, 0.29) is 5.97 Å². The van der Waals surface area contributed by atoms with Gasteiger partial charge < -0.3 is 19.8 Å². The molecular weight excluding hydrogens is 376 g/mol. The number of carbonyl (C=O) groups is 1. The fourth-order valence-electron chi connectivity index (χ4n) is 2.20. The number of esters is 1. The topological polar surface area (TPSA) is 63.5 Å². The van der Waals surface area contributed by atoms with E-state index in [4.69, 9.17) is 21.4 Å². The van der Waals surface area contributed by atoms with Crippen molar-refractivity contribution in [3.8, 4) is 10.4 Å². The van der Waals surface area contributed by atoms with E-state index in [1.54, 1.807) is 24.5 Å². The van der Waals surface area contributed by atoms with Crippen molar-refractivity contribution in [2.24, 2.45) is 0 Å². The van der Waals surface area contributed by atoms with Gasteiger partial charge in [0.1, 0.15) is 16.3 Å². The number of nitrogens with one attached hydrogen (secondary N) is 2. The second-order valence-electron chi connectivity index (χ2n) is 4.94. The van der Waals surface area contributed by atoms with E-state index in [0.29, 0.717) is 28.8 Å². The van der Waals surface area contributed by atoms with Crippen molar-refractivity contribution in [1.29, 1.82) is 0 Å². The van der Waals surface area contributed by atoms with Crippen LogP contribution in [-0.4, -0.2) is 17.7 Å². The predicted molar refractivity (Wildman–Crippen MR) is 105 cm³/mol. The van der Waals surface area contributed by atoms with Gasteiger partial charge in [0.15, 0.2) is 5.11 Å². The Kier molecular flexibility index (Phi) is 5.85. The molecular formula is C17H16N2O3S3. The molecule has 3 rings (SSSR count). The lowest BCUT2D eigenvalue weighted by Gasteiger charge is -2.10. The van der Waals surface area contributed by atoms with Gasteiger partial charge in [-0.25, -0.2) is 4.79 Å². The number of thiophene rings is 2. The van der Waals surface area contributed by atoms with Crippen LogP contribution in [0.3, 0.4) is 0 Å². The van der Waals surface area contributed by atoms with Crippen LogP contribution >= 0.6 is 34.9 Å². The average Bonchev–Trinajstić information content (AvgIpc) is 3.34. The van der Waals surface area contributed by atoms with Gasteiger partial charge in [0.2, 0.25) is 0 Å². The molecule has 3 heterocycles. The van der Waals surface area contributed by atoms with Crippen molar-refractivity contribution in [2.75, 3.05) is 11.9 Å². The van der Waals surface area contributed by atoms with Gasteiger partial charge in [-0.05, 0) is 42.7 Å². The van der Waals surface area contributed by atoms with Gasteiger partial charge in [0.25, 0.3) is 0 Å². The summed E-state index contributed by atoms with van der Waals surface area (Å²) < 4.78 is 10.5. The number of hydrogen-bond acceptors (Lipinski definition) is 6. The molecule has 3 aromatic rings. The highest BCUT2D eigenvalue weighted by molar-refractivity contribution is 7.80. The first-order valence-electron chi connectivity index (χ1n) is 7.58. The van der Waals surface area contributed by atoms with Crippen LogP contribution in [0.15, 0.2) is 45.7 Å². The van der Waals surface area contributed by atoms with Gasteiger partial charge in [-0.1, -0.05) is 6.07 Å². The molecule has 0 aromatic carbocycles. The summed E-state index contributed by atoms with van der Waals surface area (Å²) >= 11 is 8.32. The molecule has 0 saturated carbocycles. The molecule has 0 aliphatic rings. The normalized spacial score (nSPS) is 10.4. The zero-order valence-electron chi connectivity index (χ0n) is 13.4. The molecule has 5 nitrogen and oxygen atoms in total. The Labute approximate surface area is 158 Å². The van der Waals surface area contributed by atoms with Crippen LogP contribution in [-0.2, 0) is 11.3 Å². The second-order valence-corrected chi connectivity index (χ2v) is 7.17. The van der Waals surface area contributed by atoms with Crippen LogP contribution in [0, 0.1) is 0 Å². The summed E-state index contributed by atoms with van der Waals surface area (Å²) in [5.41, 5.74) is 1.37. The second kappa shape index (κ2) is 8.28. The third-order valence-corrected chi connectivity index (χ3v) is 5.33. The summed E-state index contributed by atoms with van der Waals surface area (Å²) in [5.74, 6) is 0.420. The van der Waals surface area contributed by atoms with Gasteiger partial charge >= 0.3 is 5.97 Å². The maximum absolute atomic E-state index is 12.4. The van der Waals surface area contributed by atoms with Crippen LogP contribution in [0.4, 0.5) is 5.00 Å². The zero-order valence-corrected chi connectivity index (χ0v) is 15.9. The number of furan rings is 1. The lowest BCUT2D eigenvalue weighted by atomic mass is 10.1. The smallest absolute Gasteiger partial charge is 0.341 e. The van der Waals surface area contributed by atoms with Crippen LogP contribution < -0.4 is 10.6 Å². The van der Waals surface area contributed by atoms with Crippen LogP contribution in [0.1, 0.15) is 23.0 Å². The fourth-order valence-corrected chi connectivity index (χ4v) is 4.21. The molecule has 0 amide bonds. The van der Waals surface area contributed by atoms with E-state index >= 15 is 0 Å². The number of rotatable bonds is 6. The Bertz CT molecular complexity index is 839. The molecule has 2 N–H and O–H groups in total. The van der Waals surface area contributed by atoms with E-state index in [1.807, 2.05) is 35.0 Å². The first-order chi connectivity index (χ1) is 12.2. The quantitative estimate of drug-likeness (QED) is 0.467. The number of anilines is 1. The highest BCUT2D eigenvalue weighted by Gasteiger charge is 2.22. The van der Waals surface area contributed by atoms with Gasteiger partial charge in [-0.15, -0.1) is 22.7 Å². The van der Waals surface area contributed by atoms with E-state index in [9.17, 15) is 4.79 Å². The lowest BCUT2D eigenvalue weighted by molar-refractivity contribution is 0.0529. The number of thiocarbonyl (C=S) groups is 1. The van der Waals surface area contributed by atoms with Crippen molar-refractivity contribution < 1.29 is 13.9 Å². The summed E-state index contributed by atoms with van der Waals surface area (Å²) in [6.45, 7) is 2.58. The summed E-state index contributed by atoms with van der Waals surface area (Å²) in [6.07, 6.45) is 1.61. The van der Waals surface area contributed by atoms with Crippen molar-refractivity contribution in [2.45, 2.75) is 13.5 Å². The molecule has 0 spiro atoms. The van der Waals surface area contributed by atoms with Crippen LogP contribution in [0.2, 0.25) is 0 Å². The van der Waals surface area contributed by atoms with E-state index < -0.39 is 0 Å². The maximum atomic E-state index is 12.4. The molecule has 8 heteroatoms. The molecule has 130 valence electrons. The highest BCUT2D eigenvalue weighted by Crippen LogP contribution is 2.38. The maximum Gasteiger partial charge on any atom is 0.341 e. The summed E-state index contributed by atoms with van der Waals surface area (Å²) in [6, 6.07) is 7.61. The van der Waals surface area contributed by atoms with Crippen molar-refractivity contribution in [3.05, 3.63) is 52.6 Å². The number of hydrogen-bond donors (Lipinski definition) is 2. The number of ether oxygens (including phenoxy) is 1.